The minimum Gasteiger partial charge on any atom is -0.352 e. The van der Waals surface area contributed by atoms with Gasteiger partial charge in [-0.15, -0.1) is 0 Å². The van der Waals surface area contributed by atoms with E-state index in [0.29, 0.717) is 18.5 Å². The second kappa shape index (κ2) is 10.4. The van der Waals surface area contributed by atoms with E-state index in [-0.39, 0.29) is 30.4 Å². The van der Waals surface area contributed by atoms with Crippen LogP contribution in [-0.2, 0) is 17.8 Å². The van der Waals surface area contributed by atoms with Crippen LogP contribution in [0.2, 0.25) is 0 Å². The number of nitrogens with one attached hydrogen (secondary N) is 1. The van der Waals surface area contributed by atoms with Crippen LogP contribution in [0.15, 0.2) is 48.5 Å². The first-order valence-corrected chi connectivity index (χ1v) is 11.4. The number of nitrogens with zero attached hydrogens (tertiary/aromatic N) is 3. The molecule has 0 aliphatic carbocycles. The molecule has 0 unspecified atom stereocenters. The van der Waals surface area contributed by atoms with Gasteiger partial charge >= 0.3 is 0 Å². The maximum Gasteiger partial charge on any atom is 0.251 e. The summed E-state index contributed by atoms with van der Waals surface area (Å²) in [6.45, 7) is 11.0. The Kier molecular flexibility index (Phi) is 7.67. The Hall–Kier alpha value is -3.15. The molecule has 0 radical (unpaired) electrons. The molecule has 6 nitrogen and oxygen atoms in total. The van der Waals surface area contributed by atoms with E-state index in [9.17, 15) is 9.59 Å². The molecule has 0 saturated carbocycles. The highest BCUT2D eigenvalue weighted by molar-refractivity contribution is 5.94. The predicted octanol–water partition coefficient (Wildman–Crippen LogP) is 4.35. The molecule has 1 aromatic heterocycles. The Labute approximate surface area is 190 Å². The molecule has 6 heteroatoms. The molecule has 0 bridgehead atoms. The first-order chi connectivity index (χ1) is 15.3. The maximum absolute atomic E-state index is 13.1. The van der Waals surface area contributed by atoms with Gasteiger partial charge in [-0.05, 0) is 65.3 Å². The largest absolute Gasteiger partial charge is 0.352 e. The van der Waals surface area contributed by atoms with Crippen molar-refractivity contribution in [3.8, 4) is 0 Å². The number of rotatable bonds is 9. The fourth-order valence-corrected chi connectivity index (χ4v) is 4.14. The highest BCUT2D eigenvalue weighted by Crippen LogP contribution is 2.18. The van der Waals surface area contributed by atoms with E-state index in [0.717, 1.165) is 28.8 Å². The highest BCUT2D eigenvalue weighted by atomic mass is 16.2. The molecule has 2 amide bonds. The number of hydrogen-bond donors (Lipinski definition) is 1. The Morgan fingerprint density at radius 2 is 1.66 bits per heavy atom. The van der Waals surface area contributed by atoms with Crippen molar-refractivity contribution in [2.24, 2.45) is 0 Å². The van der Waals surface area contributed by atoms with Crippen LogP contribution < -0.4 is 5.32 Å². The average Bonchev–Trinajstić information content (AvgIpc) is 3.08. The molecule has 0 aliphatic rings. The first kappa shape index (κ1) is 23.5. The lowest BCUT2D eigenvalue weighted by atomic mass is 10.1. The fourth-order valence-electron chi connectivity index (χ4n) is 4.14. The number of aromatic nitrogens is 2. The minimum absolute atomic E-state index is 0.0711. The molecular weight excluding hydrogens is 400 g/mol. The molecule has 3 rings (SSSR count). The highest BCUT2D eigenvalue weighted by Gasteiger charge is 2.22. The van der Waals surface area contributed by atoms with Crippen molar-refractivity contribution in [1.29, 1.82) is 0 Å². The van der Waals surface area contributed by atoms with Gasteiger partial charge in [0.05, 0.1) is 11.0 Å². The van der Waals surface area contributed by atoms with E-state index in [1.807, 2.05) is 92.6 Å². The lowest BCUT2D eigenvalue weighted by molar-refractivity contribution is -0.135. The van der Waals surface area contributed by atoms with Crippen LogP contribution in [0.4, 0.5) is 0 Å². The summed E-state index contributed by atoms with van der Waals surface area (Å²) < 4.78 is 2.03. The van der Waals surface area contributed by atoms with Crippen molar-refractivity contribution in [2.75, 3.05) is 6.54 Å². The van der Waals surface area contributed by atoms with Gasteiger partial charge in [-0.1, -0.05) is 29.8 Å². The van der Waals surface area contributed by atoms with Crippen molar-refractivity contribution in [3.63, 3.8) is 0 Å². The summed E-state index contributed by atoms with van der Waals surface area (Å²) in [7, 11) is 0. The summed E-state index contributed by atoms with van der Waals surface area (Å²) in [4.78, 5) is 32.1. The van der Waals surface area contributed by atoms with E-state index >= 15 is 0 Å². The van der Waals surface area contributed by atoms with Crippen LogP contribution in [0.3, 0.4) is 0 Å². The summed E-state index contributed by atoms with van der Waals surface area (Å²) in [5, 5.41) is 2.98. The molecule has 0 spiro atoms. The van der Waals surface area contributed by atoms with Crippen LogP contribution in [0.25, 0.3) is 11.0 Å². The zero-order valence-corrected chi connectivity index (χ0v) is 19.8. The third-order valence-corrected chi connectivity index (χ3v) is 5.60. The normalized spacial score (nSPS) is 11.3. The van der Waals surface area contributed by atoms with Gasteiger partial charge in [0, 0.05) is 30.6 Å². The lowest BCUT2D eigenvalue weighted by Gasteiger charge is -2.31. The summed E-state index contributed by atoms with van der Waals surface area (Å²) in [5.41, 5.74) is 3.64. The van der Waals surface area contributed by atoms with Crippen LogP contribution in [0.1, 0.15) is 55.9 Å². The van der Waals surface area contributed by atoms with Crippen molar-refractivity contribution in [3.05, 3.63) is 65.5 Å². The lowest BCUT2D eigenvalue weighted by Crippen LogP contribution is -2.43. The third kappa shape index (κ3) is 5.55. The number of benzene rings is 2. The van der Waals surface area contributed by atoms with Gasteiger partial charge in [0.2, 0.25) is 5.91 Å². The molecular formula is C26H34N4O2. The Balaban J connectivity index is 1.69. The predicted molar refractivity (Wildman–Crippen MR) is 129 cm³/mol. The van der Waals surface area contributed by atoms with Gasteiger partial charge < -0.3 is 14.8 Å². The number of para-hydroxylation sites is 2. The molecule has 1 N–H and O–H groups in total. The summed E-state index contributed by atoms with van der Waals surface area (Å²) in [5.74, 6) is 0.891. The van der Waals surface area contributed by atoms with Crippen molar-refractivity contribution < 1.29 is 9.59 Å². The Morgan fingerprint density at radius 1 is 1.00 bits per heavy atom. The zero-order valence-electron chi connectivity index (χ0n) is 19.8. The van der Waals surface area contributed by atoms with Crippen LogP contribution in [-0.4, -0.2) is 44.9 Å². The van der Waals surface area contributed by atoms with E-state index in [1.54, 1.807) is 0 Å². The van der Waals surface area contributed by atoms with Crippen molar-refractivity contribution >= 4 is 22.8 Å². The number of carbonyl (C=O) groups is 2. The Morgan fingerprint density at radius 3 is 2.31 bits per heavy atom. The van der Waals surface area contributed by atoms with E-state index in [4.69, 9.17) is 4.98 Å². The number of carbonyl (C=O) groups excluding carboxylic acids is 2. The van der Waals surface area contributed by atoms with Gasteiger partial charge in [0.15, 0.2) is 0 Å². The molecule has 0 aliphatic heterocycles. The number of imidazole rings is 1. The molecule has 1 heterocycles. The topological polar surface area (TPSA) is 67.2 Å². The van der Waals surface area contributed by atoms with Gasteiger partial charge in [-0.2, -0.15) is 0 Å². The number of fused-ring (bicyclic) bond motifs is 1. The molecule has 170 valence electrons. The van der Waals surface area contributed by atoms with Gasteiger partial charge in [0.25, 0.3) is 5.91 Å². The monoisotopic (exact) mass is 434 g/mol. The zero-order chi connectivity index (χ0) is 23.3. The Bertz CT molecular complexity index is 1060. The maximum atomic E-state index is 13.1. The molecule has 0 saturated heterocycles. The molecule has 2 aromatic carbocycles. The standard InChI is InChI=1S/C26H34N4O2/c1-18(2)30(19(3)4)25(31)17-29-23-10-7-6-9-22(23)28-24(29)11-8-16-27-26(32)21-14-12-20(5)13-15-21/h6-7,9-10,12-15,18-19H,8,11,16-17H2,1-5H3,(H,27,32). The smallest absolute Gasteiger partial charge is 0.251 e. The van der Waals surface area contributed by atoms with Gasteiger partial charge in [-0.25, -0.2) is 4.98 Å². The van der Waals surface area contributed by atoms with Crippen LogP contribution in [0.5, 0.6) is 0 Å². The number of amides is 2. The number of hydrogen-bond acceptors (Lipinski definition) is 3. The SMILES string of the molecule is Cc1ccc(C(=O)NCCCc2nc3ccccc3n2CC(=O)N(C(C)C)C(C)C)cc1. The first-order valence-electron chi connectivity index (χ1n) is 11.4. The average molecular weight is 435 g/mol. The molecule has 32 heavy (non-hydrogen) atoms. The minimum atomic E-state index is -0.0711. The second-order valence-corrected chi connectivity index (χ2v) is 8.82. The third-order valence-electron chi connectivity index (χ3n) is 5.60. The fraction of sp³-hybridized carbons (Fsp3) is 0.423. The molecule has 0 fully saturated rings. The van der Waals surface area contributed by atoms with Crippen molar-refractivity contribution in [2.45, 2.75) is 66.1 Å². The molecule has 0 atom stereocenters. The van der Waals surface area contributed by atoms with E-state index < -0.39 is 0 Å². The van der Waals surface area contributed by atoms with E-state index in [2.05, 4.69) is 5.32 Å². The summed E-state index contributed by atoms with van der Waals surface area (Å²) >= 11 is 0. The van der Waals surface area contributed by atoms with Gasteiger partial charge in [0.1, 0.15) is 12.4 Å². The van der Waals surface area contributed by atoms with Crippen LogP contribution in [0, 0.1) is 6.92 Å². The summed E-state index contributed by atoms with van der Waals surface area (Å²) in [6.07, 6.45) is 1.42. The van der Waals surface area contributed by atoms with Crippen molar-refractivity contribution in [1.82, 2.24) is 19.8 Å². The van der Waals surface area contributed by atoms with Crippen LogP contribution >= 0.6 is 0 Å². The summed E-state index contributed by atoms with van der Waals surface area (Å²) in [6, 6.07) is 15.7. The quantitative estimate of drug-likeness (QED) is 0.509. The van der Waals surface area contributed by atoms with Gasteiger partial charge in [-0.3, -0.25) is 9.59 Å². The number of aryl methyl sites for hydroxylation is 2. The second-order valence-electron chi connectivity index (χ2n) is 8.82. The molecule has 3 aromatic rings. The van der Waals surface area contributed by atoms with E-state index in [1.165, 1.54) is 0 Å².